The molecule has 3 aromatic rings. The van der Waals surface area contributed by atoms with Gasteiger partial charge in [0.15, 0.2) is 0 Å². The Kier molecular flexibility index (Phi) is 8.36. The summed E-state index contributed by atoms with van der Waals surface area (Å²) in [6, 6.07) is 19.1. The quantitative estimate of drug-likeness (QED) is 0.423. The van der Waals surface area contributed by atoms with Crippen LogP contribution in [0.1, 0.15) is 33.9 Å². The molecule has 0 bridgehead atoms. The third-order valence-corrected chi connectivity index (χ3v) is 7.02. The molecule has 3 atom stereocenters. The van der Waals surface area contributed by atoms with Crippen LogP contribution in [0.25, 0.3) is 0 Å². The van der Waals surface area contributed by atoms with Crippen LogP contribution >= 0.6 is 23.2 Å². The highest BCUT2D eigenvalue weighted by atomic mass is 35.5. The van der Waals surface area contributed by atoms with Crippen LogP contribution in [0.2, 0.25) is 10.0 Å². The van der Waals surface area contributed by atoms with Gasteiger partial charge in [0.25, 0.3) is 5.91 Å². The minimum atomic E-state index is -0.949. The topological polar surface area (TPSA) is 84.9 Å². The highest BCUT2D eigenvalue weighted by molar-refractivity contribution is 6.34. The van der Waals surface area contributed by atoms with Gasteiger partial charge in [-0.15, -0.1) is 0 Å². The van der Waals surface area contributed by atoms with Crippen LogP contribution in [-0.2, 0) is 20.9 Å². The van der Waals surface area contributed by atoms with Crippen molar-refractivity contribution < 1.29 is 23.9 Å². The SMILES string of the molecule is COC(=O)C1CC(C(=O)NCc2ccc(OC)cc2)N(C(=O)c2ccccc2Cl)C1c1cccc(Cl)c1. The van der Waals surface area contributed by atoms with Crippen molar-refractivity contribution in [2.75, 3.05) is 14.2 Å². The summed E-state index contributed by atoms with van der Waals surface area (Å²) in [4.78, 5) is 41.8. The summed E-state index contributed by atoms with van der Waals surface area (Å²) in [6.45, 7) is 0.234. The van der Waals surface area contributed by atoms with Crippen molar-refractivity contribution in [2.45, 2.75) is 25.0 Å². The molecule has 192 valence electrons. The first kappa shape index (κ1) is 26.5. The van der Waals surface area contributed by atoms with E-state index in [1.165, 1.54) is 12.0 Å². The number of benzene rings is 3. The molecule has 1 heterocycles. The zero-order chi connectivity index (χ0) is 26.5. The smallest absolute Gasteiger partial charge is 0.311 e. The monoisotopic (exact) mass is 540 g/mol. The van der Waals surface area contributed by atoms with E-state index in [-0.39, 0.29) is 23.6 Å². The number of hydrogen-bond acceptors (Lipinski definition) is 5. The van der Waals surface area contributed by atoms with E-state index in [0.717, 1.165) is 5.56 Å². The first-order valence-corrected chi connectivity index (χ1v) is 12.4. The van der Waals surface area contributed by atoms with E-state index in [1.807, 2.05) is 12.1 Å². The third kappa shape index (κ3) is 5.73. The Morgan fingerprint density at radius 1 is 0.973 bits per heavy atom. The van der Waals surface area contributed by atoms with Gasteiger partial charge in [0, 0.05) is 11.6 Å². The van der Waals surface area contributed by atoms with Crippen molar-refractivity contribution in [2.24, 2.45) is 5.92 Å². The average Bonchev–Trinajstić information content (AvgIpc) is 3.32. The highest BCUT2D eigenvalue weighted by Crippen LogP contribution is 2.43. The Bertz CT molecular complexity index is 1300. The van der Waals surface area contributed by atoms with Crippen LogP contribution in [0.4, 0.5) is 0 Å². The first-order valence-electron chi connectivity index (χ1n) is 11.6. The van der Waals surface area contributed by atoms with E-state index >= 15 is 0 Å². The zero-order valence-corrected chi connectivity index (χ0v) is 21.8. The second-order valence-electron chi connectivity index (χ2n) is 8.64. The van der Waals surface area contributed by atoms with Crippen molar-refractivity contribution in [3.63, 3.8) is 0 Å². The summed E-state index contributed by atoms with van der Waals surface area (Å²) in [7, 11) is 2.87. The molecule has 0 spiro atoms. The molecule has 0 saturated carbocycles. The van der Waals surface area contributed by atoms with Gasteiger partial charge in [-0.3, -0.25) is 14.4 Å². The first-order chi connectivity index (χ1) is 17.8. The Morgan fingerprint density at radius 2 is 1.70 bits per heavy atom. The van der Waals surface area contributed by atoms with Crippen LogP contribution in [0.5, 0.6) is 5.75 Å². The summed E-state index contributed by atoms with van der Waals surface area (Å²) in [6.07, 6.45) is 0.0779. The van der Waals surface area contributed by atoms with Crippen LogP contribution in [-0.4, -0.2) is 42.9 Å². The number of amides is 2. The molecule has 2 amide bonds. The molecular weight excluding hydrogens is 515 g/mol. The lowest BCUT2D eigenvalue weighted by molar-refractivity contribution is -0.146. The lowest BCUT2D eigenvalue weighted by Gasteiger charge is -2.31. The van der Waals surface area contributed by atoms with Gasteiger partial charge in [0.2, 0.25) is 5.91 Å². The number of nitrogens with one attached hydrogen (secondary N) is 1. The number of likely N-dealkylation sites (tertiary alicyclic amines) is 1. The van der Waals surface area contributed by atoms with Gasteiger partial charge in [-0.1, -0.05) is 59.6 Å². The van der Waals surface area contributed by atoms with Crippen LogP contribution in [0.3, 0.4) is 0 Å². The lowest BCUT2D eigenvalue weighted by atomic mass is 9.93. The summed E-state index contributed by atoms with van der Waals surface area (Å²) >= 11 is 12.6. The number of ether oxygens (including phenoxy) is 2. The van der Waals surface area contributed by atoms with E-state index in [9.17, 15) is 14.4 Å². The molecule has 1 aliphatic rings. The molecule has 1 fully saturated rings. The van der Waals surface area contributed by atoms with Gasteiger partial charge in [-0.05, 0) is 53.9 Å². The molecule has 0 aromatic heterocycles. The van der Waals surface area contributed by atoms with Gasteiger partial charge in [0.1, 0.15) is 11.8 Å². The predicted molar refractivity (Wildman–Crippen MR) is 141 cm³/mol. The van der Waals surface area contributed by atoms with Crippen molar-refractivity contribution in [1.29, 1.82) is 0 Å². The summed E-state index contributed by atoms with van der Waals surface area (Å²) in [5.74, 6) is -1.46. The lowest BCUT2D eigenvalue weighted by Crippen LogP contribution is -2.46. The second-order valence-corrected chi connectivity index (χ2v) is 9.48. The Hall–Kier alpha value is -3.55. The maximum atomic E-state index is 13.9. The summed E-state index contributed by atoms with van der Waals surface area (Å²) in [5, 5.41) is 3.60. The van der Waals surface area contributed by atoms with Crippen molar-refractivity contribution in [3.05, 3.63) is 99.5 Å². The van der Waals surface area contributed by atoms with E-state index in [0.29, 0.717) is 16.3 Å². The Balaban J connectivity index is 1.71. The van der Waals surface area contributed by atoms with Crippen LogP contribution < -0.4 is 10.1 Å². The number of hydrogen-bond donors (Lipinski definition) is 1. The standard InChI is InChI=1S/C28H26Cl2N2O5/c1-36-20-12-10-17(11-13-20)16-31-26(33)24-15-22(28(35)37-2)25(18-6-5-7-19(29)14-18)32(24)27(34)21-8-3-4-9-23(21)30/h3-14,22,24-25H,15-16H2,1-2H3,(H,31,33). The average molecular weight is 541 g/mol. The number of halogens is 2. The summed E-state index contributed by atoms with van der Waals surface area (Å²) < 4.78 is 10.3. The Morgan fingerprint density at radius 3 is 2.35 bits per heavy atom. The highest BCUT2D eigenvalue weighted by Gasteiger charge is 2.51. The maximum Gasteiger partial charge on any atom is 0.311 e. The van der Waals surface area contributed by atoms with Crippen LogP contribution in [0, 0.1) is 5.92 Å². The fourth-order valence-electron chi connectivity index (χ4n) is 4.66. The minimum absolute atomic E-state index is 0.0779. The van der Waals surface area contributed by atoms with Crippen molar-refractivity contribution in [1.82, 2.24) is 10.2 Å². The van der Waals surface area contributed by atoms with Gasteiger partial charge < -0.3 is 19.7 Å². The van der Waals surface area contributed by atoms with Gasteiger partial charge in [-0.2, -0.15) is 0 Å². The van der Waals surface area contributed by atoms with Gasteiger partial charge in [0.05, 0.1) is 36.8 Å². The molecule has 3 unspecified atom stereocenters. The molecule has 3 aromatic carbocycles. The number of methoxy groups -OCH3 is 2. The van der Waals surface area contributed by atoms with Gasteiger partial charge in [-0.25, -0.2) is 0 Å². The van der Waals surface area contributed by atoms with E-state index in [4.69, 9.17) is 32.7 Å². The third-order valence-electron chi connectivity index (χ3n) is 6.46. The molecule has 4 rings (SSSR count). The fraction of sp³-hybridized carbons (Fsp3) is 0.250. The Labute approximate surface area is 225 Å². The number of esters is 1. The molecule has 0 aliphatic carbocycles. The second kappa shape index (κ2) is 11.7. The van der Waals surface area contributed by atoms with Crippen molar-refractivity contribution in [3.8, 4) is 5.75 Å². The molecule has 0 radical (unpaired) electrons. The number of carbonyl (C=O) groups excluding carboxylic acids is 3. The van der Waals surface area contributed by atoms with Crippen molar-refractivity contribution >= 4 is 41.0 Å². The minimum Gasteiger partial charge on any atom is -0.497 e. The number of nitrogens with zero attached hydrogens (tertiary/aromatic N) is 1. The molecule has 1 saturated heterocycles. The number of carbonyl (C=O) groups is 3. The van der Waals surface area contributed by atoms with Crippen LogP contribution in [0.15, 0.2) is 72.8 Å². The molecule has 1 N–H and O–H groups in total. The van der Waals surface area contributed by atoms with E-state index in [1.54, 1.807) is 67.8 Å². The fourth-order valence-corrected chi connectivity index (χ4v) is 5.07. The number of rotatable bonds is 7. The maximum absolute atomic E-state index is 13.9. The largest absolute Gasteiger partial charge is 0.497 e. The predicted octanol–water partition coefficient (Wildman–Crippen LogP) is 5.06. The van der Waals surface area contributed by atoms with E-state index in [2.05, 4.69) is 5.32 Å². The zero-order valence-electron chi connectivity index (χ0n) is 20.3. The molecule has 1 aliphatic heterocycles. The molecule has 9 heteroatoms. The molecule has 7 nitrogen and oxygen atoms in total. The van der Waals surface area contributed by atoms with E-state index < -0.39 is 35.8 Å². The molecular formula is C28H26Cl2N2O5. The normalized spacial score (nSPS) is 18.8. The summed E-state index contributed by atoms with van der Waals surface area (Å²) in [5.41, 5.74) is 1.70. The van der Waals surface area contributed by atoms with Gasteiger partial charge >= 0.3 is 5.97 Å². The molecule has 37 heavy (non-hydrogen) atoms.